The third-order valence-electron chi connectivity index (χ3n) is 3.09. The molecule has 21 heavy (non-hydrogen) atoms. The predicted octanol–water partition coefficient (Wildman–Crippen LogP) is 5.62. The fourth-order valence-corrected chi connectivity index (χ4v) is 2.38. The number of aryl methyl sites for hydroxylation is 1. The van der Waals surface area contributed by atoms with E-state index in [-0.39, 0.29) is 16.7 Å². The summed E-state index contributed by atoms with van der Waals surface area (Å²) in [7, 11) is 0. The van der Waals surface area contributed by atoms with E-state index in [4.69, 9.17) is 11.6 Å². The molecule has 0 nitrogen and oxygen atoms in total. The zero-order valence-electron chi connectivity index (χ0n) is 10.8. The fourth-order valence-electron chi connectivity index (χ4n) is 2.02. The molecule has 0 aromatic heterocycles. The lowest BCUT2D eigenvalue weighted by Crippen LogP contribution is -2.11. The van der Waals surface area contributed by atoms with Gasteiger partial charge >= 0.3 is 6.18 Å². The van der Waals surface area contributed by atoms with Crippen molar-refractivity contribution in [2.24, 2.45) is 0 Å². The molecule has 1 atom stereocenters. The highest BCUT2D eigenvalue weighted by atomic mass is 35.5. The highest BCUT2D eigenvalue weighted by molar-refractivity contribution is 6.22. The maximum Gasteiger partial charge on any atom is 0.416 e. The van der Waals surface area contributed by atoms with E-state index in [1.165, 1.54) is 25.1 Å². The minimum absolute atomic E-state index is 0.113. The first-order valence-corrected chi connectivity index (χ1v) is 6.41. The Labute approximate surface area is 123 Å². The summed E-state index contributed by atoms with van der Waals surface area (Å²) in [5.41, 5.74) is -1.28. The number of rotatable bonds is 2. The van der Waals surface area contributed by atoms with Gasteiger partial charge in [-0.1, -0.05) is 18.2 Å². The molecule has 2 aromatic rings. The van der Waals surface area contributed by atoms with Crippen LogP contribution in [-0.4, -0.2) is 0 Å². The second kappa shape index (κ2) is 5.64. The Balaban J connectivity index is 2.56. The molecule has 112 valence electrons. The van der Waals surface area contributed by atoms with Crippen LogP contribution in [0.5, 0.6) is 0 Å². The second-order valence-corrected chi connectivity index (χ2v) is 5.01. The average molecular weight is 321 g/mol. The molecule has 2 rings (SSSR count). The van der Waals surface area contributed by atoms with Gasteiger partial charge in [0.25, 0.3) is 0 Å². The molecule has 6 heteroatoms. The van der Waals surface area contributed by atoms with Crippen molar-refractivity contribution >= 4 is 11.6 Å². The van der Waals surface area contributed by atoms with Crippen LogP contribution in [0.4, 0.5) is 22.0 Å². The van der Waals surface area contributed by atoms with E-state index in [2.05, 4.69) is 0 Å². The first-order chi connectivity index (χ1) is 9.71. The van der Waals surface area contributed by atoms with E-state index >= 15 is 0 Å². The van der Waals surface area contributed by atoms with Gasteiger partial charge in [-0.05, 0) is 30.2 Å². The Morgan fingerprint density at radius 1 is 0.952 bits per heavy atom. The van der Waals surface area contributed by atoms with E-state index in [0.717, 1.165) is 12.1 Å². The van der Waals surface area contributed by atoms with Gasteiger partial charge in [-0.25, -0.2) is 8.78 Å². The van der Waals surface area contributed by atoms with Crippen LogP contribution in [-0.2, 0) is 6.18 Å². The van der Waals surface area contributed by atoms with Crippen LogP contribution in [0.25, 0.3) is 0 Å². The van der Waals surface area contributed by atoms with Crippen molar-refractivity contribution in [3.8, 4) is 0 Å². The van der Waals surface area contributed by atoms with Crippen LogP contribution in [0.3, 0.4) is 0 Å². The molecule has 0 bridgehead atoms. The number of alkyl halides is 4. The van der Waals surface area contributed by atoms with E-state index in [1.54, 1.807) is 0 Å². The van der Waals surface area contributed by atoms with Crippen LogP contribution in [0.2, 0.25) is 0 Å². The molecule has 0 saturated carbocycles. The summed E-state index contributed by atoms with van der Waals surface area (Å²) in [6.45, 7) is 1.39. The quantitative estimate of drug-likeness (QED) is 0.497. The Hall–Kier alpha value is -1.62. The minimum Gasteiger partial charge on any atom is -0.207 e. The molecule has 0 fully saturated rings. The summed E-state index contributed by atoms with van der Waals surface area (Å²) in [5.74, 6) is -1.75. The van der Waals surface area contributed by atoms with Gasteiger partial charge in [0.1, 0.15) is 11.6 Å². The van der Waals surface area contributed by atoms with Crippen molar-refractivity contribution in [3.05, 3.63) is 70.3 Å². The first-order valence-electron chi connectivity index (χ1n) is 5.97. The molecule has 0 saturated heterocycles. The fraction of sp³-hybridized carbons (Fsp3) is 0.200. The van der Waals surface area contributed by atoms with Gasteiger partial charge in [0.2, 0.25) is 0 Å². The third-order valence-corrected chi connectivity index (χ3v) is 3.56. The van der Waals surface area contributed by atoms with Crippen LogP contribution in [0.1, 0.15) is 27.6 Å². The zero-order chi connectivity index (χ0) is 15.8. The molecule has 1 unspecified atom stereocenters. The zero-order valence-corrected chi connectivity index (χ0v) is 11.6. The largest absolute Gasteiger partial charge is 0.416 e. The molecular formula is C15H10ClF5. The maximum atomic E-state index is 13.8. The van der Waals surface area contributed by atoms with Crippen molar-refractivity contribution in [1.29, 1.82) is 0 Å². The Kier molecular flexibility index (Phi) is 4.23. The topological polar surface area (TPSA) is 0 Å². The highest BCUT2D eigenvalue weighted by Crippen LogP contribution is 2.40. The lowest BCUT2D eigenvalue weighted by Gasteiger charge is -2.18. The third kappa shape index (κ3) is 3.18. The lowest BCUT2D eigenvalue weighted by atomic mass is 9.97. The number of halogens is 6. The van der Waals surface area contributed by atoms with Crippen molar-refractivity contribution < 1.29 is 22.0 Å². The van der Waals surface area contributed by atoms with Gasteiger partial charge < -0.3 is 0 Å². The SMILES string of the molecule is Cc1cc(C(Cl)c2ccccc2C(F)(F)F)c(F)cc1F. The van der Waals surface area contributed by atoms with Crippen LogP contribution < -0.4 is 0 Å². The molecule has 0 spiro atoms. The number of benzene rings is 2. The summed E-state index contributed by atoms with van der Waals surface area (Å²) >= 11 is 6.01. The van der Waals surface area contributed by atoms with E-state index in [9.17, 15) is 22.0 Å². The maximum absolute atomic E-state index is 13.8. The number of hydrogen-bond acceptors (Lipinski definition) is 0. The van der Waals surface area contributed by atoms with Gasteiger partial charge in [-0.15, -0.1) is 11.6 Å². The molecule has 2 aromatic carbocycles. The van der Waals surface area contributed by atoms with Gasteiger partial charge in [0.15, 0.2) is 0 Å². The Bertz CT molecular complexity index is 664. The molecule has 0 N–H and O–H groups in total. The van der Waals surface area contributed by atoms with E-state index < -0.39 is 28.8 Å². The molecule has 0 aliphatic heterocycles. The van der Waals surface area contributed by atoms with Crippen molar-refractivity contribution in [3.63, 3.8) is 0 Å². The van der Waals surface area contributed by atoms with E-state index in [0.29, 0.717) is 6.07 Å². The van der Waals surface area contributed by atoms with Crippen LogP contribution in [0, 0.1) is 18.6 Å². The first kappa shape index (κ1) is 15.8. The Morgan fingerprint density at radius 2 is 1.57 bits per heavy atom. The number of hydrogen-bond donors (Lipinski definition) is 0. The van der Waals surface area contributed by atoms with Crippen molar-refractivity contribution in [2.45, 2.75) is 18.5 Å². The molecule has 0 aliphatic carbocycles. The molecule has 0 heterocycles. The normalized spacial score (nSPS) is 13.3. The van der Waals surface area contributed by atoms with Crippen molar-refractivity contribution in [1.82, 2.24) is 0 Å². The highest BCUT2D eigenvalue weighted by Gasteiger charge is 2.35. The van der Waals surface area contributed by atoms with Crippen molar-refractivity contribution in [2.75, 3.05) is 0 Å². The summed E-state index contributed by atoms with van der Waals surface area (Å²) in [6, 6.07) is 6.40. The minimum atomic E-state index is -4.60. The molecule has 0 amide bonds. The van der Waals surface area contributed by atoms with Crippen LogP contribution in [0.15, 0.2) is 36.4 Å². The summed E-state index contributed by atoms with van der Waals surface area (Å²) in [5, 5.41) is -1.36. The predicted molar refractivity (Wildman–Crippen MR) is 70.2 cm³/mol. The molecule has 0 radical (unpaired) electrons. The monoisotopic (exact) mass is 320 g/mol. The van der Waals surface area contributed by atoms with E-state index in [1.807, 2.05) is 0 Å². The van der Waals surface area contributed by atoms with Gasteiger partial charge in [0, 0.05) is 11.6 Å². The summed E-state index contributed by atoms with van der Waals surface area (Å²) < 4.78 is 65.9. The molecular weight excluding hydrogens is 311 g/mol. The van der Waals surface area contributed by atoms with Gasteiger partial charge in [-0.3, -0.25) is 0 Å². The standard InChI is InChI=1S/C15H10ClF5/c1-8-6-10(13(18)7-12(8)17)14(16)9-4-2-3-5-11(9)15(19,20)21/h2-7,14H,1H3. The second-order valence-electron chi connectivity index (χ2n) is 4.57. The lowest BCUT2D eigenvalue weighted by molar-refractivity contribution is -0.138. The average Bonchev–Trinajstić information content (AvgIpc) is 2.41. The van der Waals surface area contributed by atoms with Gasteiger partial charge in [0.05, 0.1) is 10.9 Å². The summed E-state index contributed by atoms with van der Waals surface area (Å²) in [6.07, 6.45) is -4.60. The molecule has 0 aliphatic rings. The van der Waals surface area contributed by atoms with Crippen LogP contribution >= 0.6 is 11.6 Å². The smallest absolute Gasteiger partial charge is 0.207 e. The summed E-state index contributed by atoms with van der Waals surface area (Å²) in [4.78, 5) is 0. The van der Waals surface area contributed by atoms with Gasteiger partial charge in [-0.2, -0.15) is 13.2 Å². The Morgan fingerprint density at radius 3 is 2.19 bits per heavy atom.